The number of urea groups is 1. The second-order valence-corrected chi connectivity index (χ2v) is 6.81. The lowest BCUT2D eigenvalue weighted by atomic mass is 9.88. The van der Waals surface area contributed by atoms with Gasteiger partial charge in [0.05, 0.1) is 20.3 Å². The molecule has 1 aliphatic heterocycles. The molecule has 0 saturated heterocycles. The standard InChI is InChI=1S/C21H23FN2O5/c1-12(20(25)26)23-21(27)24-9-8-14-10-17(28-2)18(29-3)11-16(14)19(24)13-4-6-15(22)7-5-13/h4-7,10-12,19H,8-9H2,1-3H3,(H,23,27)(H,25,26)/t12-,19?/m0/s1. The number of ether oxygens (including phenoxy) is 2. The molecule has 3 rings (SSSR count). The summed E-state index contributed by atoms with van der Waals surface area (Å²) < 4.78 is 24.3. The quantitative estimate of drug-likeness (QED) is 0.803. The Morgan fingerprint density at radius 1 is 1.17 bits per heavy atom. The first kappa shape index (κ1) is 20.4. The normalized spacial score (nSPS) is 16.6. The Hall–Kier alpha value is -3.29. The van der Waals surface area contributed by atoms with E-state index in [0.29, 0.717) is 30.0 Å². The second kappa shape index (κ2) is 8.38. The largest absolute Gasteiger partial charge is 0.493 e. The average molecular weight is 402 g/mol. The second-order valence-electron chi connectivity index (χ2n) is 6.81. The number of hydrogen-bond acceptors (Lipinski definition) is 4. The van der Waals surface area contributed by atoms with Crippen LogP contribution >= 0.6 is 0 Å². The molecule has 2 atom stereocenters. The van der Waals surface area contributed by atoms with Crippen LogP contribution in [0.2, 0.25) is 0 Å². The molecule has 2 N–H and O–H groups in total. The highest BCUT2D eigenvalue weighted by Crippen LogP contribution is 2.41. The molecule has 0 saturated carbocycles. The molecule has 0 spiro atoms. The monoisotopic (exact) mass is 402 g/mol. The number of halogens is 1. The number of carbonyl (C=O) groups excluding carboxylic acids is 1. The number of carboxylic acid groups (broad SMARTS) is 1. The van der Waals surface area contributed by atoms with Gasteiger partial charge >= 0.3 is 12.0 Å². The van der Waals surface area contributed by atoms with E-state index >= 15 is 0 Å². The van der Waals surface area contributed by atoms with E-state index in [4.69, 9.17) is 14.6 Å². The summed E-state index contributed by atoms with van der Waals surface area (Å²) in [6, 6.07) is 7.51. The third-order valence-corrected chi connectivity index (χ3v) is 5.03. The van der Waals surface area contributed by atoms with Crippen LogP contribution in [-0.4, -0.2) is 48.8 Å². The molecule has 154 valence electrons. The molecule has 1 aliphatic rings. The Morgan fingerprint density at radius 3 is 2.38 bits per heavy atom. The zero-order chi connectivity index (χ0) is 21.1. The van der Waals surface area contributed by atoms with Gasteiger partial charge in [-0.05, 0) is 54.3 Å². The molecular weight excluding hydrogens is 379 g/mol. The summed E-state index contributed by atoms with van der Waals surface area (Å²) in [6.45, 7) is 1.77. The zero-order valence-electron chi connectivity index (χ0n) is 16.4. The van der Waals surface area contributed by atoms with Crippen molar-refractivity contribution in [3.05, 3.63) is 58.9 Å². The maximum atomic E-state index is 13.5. The van der Waals surface area contributed by atoms with E-state index in [0.717, 1.165) is 11.1 Å². The van der Waals surface area contributed by atoms with Gasteiger partial charge in [0.25, 0.3) is 0 Å². The molecule has 29 heavy (non-hydrogen) atoms. The van der Waals surface area contributed by atoms with E-state index in [1.165, 1.54) is 26.2 Å². The highest BCUT2D eigenvalue weighted by atomic mass is 19.1. The maximum absolute atomic E-state index is 13.5. The van der Waals surface area contributed by atoms with Gasteiger partial charge in [0, 0.05) is 6.54 Å². The van der Waals surface area contributed by atoms with Crippen LogP contribution in [0.5, 0.6) is 11.5 Å². The molecular formula is C21H23FN2O5. The van der Waals surface area contributed by atoms with Gasteiger partial charge in [-0.25, -0.2) is 9.18 Å². The summed E-state index contributed by atoms with van der Waals surface area (Å²) in [5.74, 6) is -0.408. The minimum atomic E-state index is -1.12. The lowest BCUT2D eigenvalue weighted by Gasteiger charge is -2.38. The lowest BCUT2D eigenvalue weighted by Crippen LogP contribution is -2.50. The average Bonchev–Trinajstić information content (AvgIpc) is 2.72. The number of hydrogen-bond donors (Lipinski definition) is 2. The topological polar surface area (TPSA) is 88.1 Å². The fourth-order valence-electron chi connectivity index (χ4n) is 3.50. The minimum absolute atomic E-state index is 0.364. The van der Waals surface area contributed by atoms with Crippen LogP contribution in [0.25, 0.3) is 0 Å². The predicted molar refractivity (Wildman–Crippen MR) is 104 cm³/mol. The van der Waals surface area contributed by atoms with Gasteiger partial charge in [-0.15, -0.1) is 0 Å². The smallest absolute Gasteiger partial charge is 0.325 e. The summed E-state index contributed by atoms with van der Waals surface area (Å²) in [6.07, 6.45) is 0.558. The van der Waals surface area contributed by atoms with Gasteiger partial charge < -0.3 is 24.8 Å². The Morgan fingerprint density at radius 2 is 1.79 bits per heavy atom. The van der Waals surface area contributed by atoms with Crippen LogP contribution in [0.3, 0.4) is 0 Å². The predicted octanol–water partition coefficient (Wildman–Crippen LogP) is 2.97. The molecule has 1 unspecified atom stereocenters. The van der Waals surface area contributed by atoms with E-state index in [1.54, 1.807) is 24.1 Å². The van der Waals surface area contributed by atoms with Gasteiger partial charge in [0.1, 0.15) is 11.9 Å². The van der Waals surface area contributed by atoms with Crippen LogP contribution < -0.4 is 14.8 Å². The number of carbonyl (C=O) groups is 2. The molecule has 0 aliphatic carbocycles. The van der Waals surface area contributed by atoms with Crippen molar-refractivity contribution < 1.29 is 28.6 Å². The lowest BCUT2D eigenvalue weighted by molar-refractivity contribution is -0.138. The number of carboxylic acids is 1. The summed E-state index contributed by atoms with van der Waals surface area (Å²) in [4.78, 5) is 25.6. The van der Waals surface area contributed by atoms with Crippen LogP contribution in [-0.2, 0) is 11.2 Å². The molecule has 1 heterocycles. The first-order valence-corrected chi connectivity index (χ1v) is 9.16. The number of aliphatic carboxylic acids is 1. The fourth-order valence-corrected chi connectivity index (χ4v) is 3.50. The van der Waals surface area contributed by atoms with Gasteiger partial charge in [-0.2, -0.15) is 0 Å². The molecule has 2 aromatic rings. The van der Waals surface area contributed by atoms with Crippen molar-refractivity contribution in [1.29, 1.82) is 0 Å². The SMILES string of the molecule is COc1cc2c(cc1OC)C(c1ccc(F)cc1)N(C(=O)N[C@@H](C)C(=O)O)CC2. The highest BCUT2D eigenvalue weighted by molar-refractivity contribution is 5.83. The number of benzene rings is 2. The van der Waals surface area contributed by atoms with Crippen LogP contribution in [0.1, 0.15) is 29.7 Å². The third kappa shape index (κ3) is 4.11. The Bertz CT molecular complexity index is 916. The Labute approximate surface area is 168 Å². The molecule has 2 aromatic carbocycles. The molecule has 0 bridgehead atoms. The van der Waals surface area contributed by atoms with E-state index in [1.807, 2.05) is 12.1 Å². The third-order valence-electron chi connectivity index (χ3n) is 5.03. The van der Waals surface area contributed by atoms with Crippen LogP contribution in [0.15, 0.2) is 36.4 Å². The van der Waals surface area contributed by atoms with Crippen molar-refractivity contribution in [3.8, 4) is 11.5 Å². The first-order valence-electron chi connectivity index (χ1n) is 9.16. The molecule has 7 nitrogen and oxygen atoms in total. The van der Waals surface area contributed by atoms with Crippen LogP contribution in [0.4, 0.5) is 9.18 Å². The summed E-state index contributed by atoms with van der Waals surface area (Å²) in [5, 5.41) is 11.6. The first-order chi connectivity index (χ1) is 13.8. The van der Waals surface area contributed by atoms with Crippen molar-refractivity contribution in [1.82, 2.24) is 10.2 Å². The molecule has 8 heteroatoms. The highest BCUT2D eigenvalue weighted by Gasteiger charge is 2.34. The number of amides is 2. The fraction of sp³-hybridized carbons (Fsp3) is 0.333. The van der Waals surface area contributed by atoms with Crippen molar-refractivity contribution in [2.24, 2.45) is 0 Å². The van der Waals surface area contributed by atoms with Crippen molar-refractivity contribution in [2.75, 3.05) is 20.8 Å². The van der Waals surface area contributed by atoms with Crippen LogP contribution in [0, 0.1) is 5.82 Å². The molecule has 0 radical (unpaired) electrons. The van der Waals surface area contributed by atoms with Gasteiger partial charge in [0.2, 0.25) is 0 Å². The number of rotatable bonds is 5. The summed E-state index contributed by atoms with van der Waals surface area (Å²) in [5.41, 5.74) is 2.50. The number of nitrogens with zero attached hydrogens (tertiary/aromatic N) is 1. The van der Waals surface area contributed by atoms with Crippen molar-refractivity contribution in [2.45, 2.75) is 25.4 Å². The van der Waals surface area contributed by atoms with E-state index < -0.39 is 24.1 Å². The van der Waals surface area contributed by atoms with Gasteiger partial charge in [0.15, 0.2) is 11.5 Å². The van der Waals surface area contributed by atoms with Gasteiger partial charge in [-0.3, -0.25) is 4.79 Å². The Balaban J connectivity index is 2.08. The summed E-state index contributed by atoms with van der Waals surface area (Å²) >= 11 is 0. The molecule has 2 amide bonds. The zero-order valence-corrected chi connectivity index (χ0v) is 16.4. The van der Waals surface area contributed by atoms with E-state index in [9.17, 15) is 14.0 Å². The summed E-state index contributed by atoms with van der Waals surface area (Å²) in [7, 11) is 3.08. The van der Waals surface area contributed by atoms with Crippen molar-refractivity contribution >= 4 is 12.0 Å². The van der Waals surface area contributed by atoms with E-state index in [2.05, 4.69) is 5.32 Å². The Kier molecular flexibility index (Phi) is 5.91. The molecule has 0 fully saturated rings. The maximum Gasteiger partial charge on any atom is 0.325 e. The van der Waals surface area contributed by atoms with Gasteiger partial charge in [-0.1, -0.05) is 12.1 Å². The minimum Gasteiger partial charge on any atom is -0.493 e. The molecule has 0 aromatic heterocycles. The van der Waals surface area contributed by atoms with Crippen molar-refractivity contribution in [3.63, 3.8) is 0 Å². The number of nitrogens with one attached hydrogen (secondary N) is 1. The number of methoxy groups -OCH3 is 2. The number of fused-ring (bicyclic) bond motifs is 1. The van der Waals surface area contributed by atoms with E-state index in [-0.39, 0.29) is 5.82 Å².